The number of benzene rings is 1. The van der Waals surface area contributed by atoms with Crippen LogP contribution < -0.4 is 0 Å². The van der Waals surface area contributed by atoms with Gasteiger partial charge in [-0.05, 0) is 28.1 Å². The second-order valence-electron chi connectivity index (χ2n) is 2.50. The fraction of sp³-hybridized carbons (Fsp3) is 0. The summed E-state index contributed by atoms with van der Waals surface area (Å²) in [4.78, 5) is 3.07. The van der Waals surface area contributed by atoms with Crippen molar-refractivity contribution >= 4 is 26.8 Å². The predicted octanol–water partition coefficient (Wildman–Crippen LogP) is 2.80. The molecule has 1 aromatic heterocycles. The third-order valence-corrected chi connectivity index (χ3v) is 2.17. The molecular weight excluding hydrogens is 216 g/mol. The van der Waals surface area contributed by atoms with Gasteiger partial charge in [-0.25, -0.2) is 0 Å². The highest BCUT2D eigenvalue weighted by Gasteiger charge is 2.01. The van der Waals surface area contributed by atoms with Crippen LogP contribution in [0.3, 0.4) is 0 Å². The fourth-order valence-corrected chi connectivity index (χ4v) is 1.66. The highest BCUT2D eigenvalue weighted by molar-refractivity contribution is 9.10. The third kappa shape index (κ3) is 1.01. The lowest BCUT2D eigenvalue weighted by Gasteiger charge is -1.90. The van der Waals surface area contributed by atoms with Crippen molar-refractivity contribution in [2.24, 2.45) is 0 Å². The Kier molecular flexibility index (Phi) is 1.63. The van der Waals surface area contributed by atoms with E-state index in [9.17, 15) is 0 Å². The Bertz CT molecular complexity index is 465. The van der Waals surface area contributed by atoms with Gasteiger partial charge in [0.2, 0.25) is 0 Å². The van der Waals surface area contributed by atoms with Crippen LogP contribution in [0.5, 0.6) is 0 Å². The Morgan fingerprint density at radius 2 is 2.25 bits per heavy atom. The normalized spacial score (nSPS) is 10.0. The molecule has 0 aliphatic rings. The number of nitriles is 1. The summed E-state index contributed by atoms with van der Waals surface area (Å²) in [6.45, 7) is 0. The van der Waals surface area contributed by atoms with Gasteiger partial charge in [0.1, 0.15) is 6.07 Å². The molecule has 0 saturated carbocycles. The molecule has 1 N–H and O–H groups in total. The van der Waals surface area contributed by atoms with E-state index in [2.05, 4.69) is 27.0 Å². The first-order valence-electron chi connectivity index (χ1n) is 3.48. The number of hydrogen-bond donors (Lipinski definition) is 1. The average Bonchev–Trinajstić information content (AvgIpc) is 2.44. The maximum atomic E-state index is 8.76. The zero-order chi connectivity index (χ0) is 8.55. The van der Waals surface area contributed by atoms with E-state index in [4.69, 9.17) is 5.26 Å². The monoisotopic (exact) mass is 220 g/mol. The first kappa shape index (κ1) is 7.38. The maximum Gasteiger partial charge on any atom is 0.101 e. The van der Waals surface area contributed by atoms with Gasteiger partial charge in [0.15, 0.2) is 0 Å². The highest BCUT2D eigenvalue weighted by Crippen LogP contribution is 2.21. The molecule has 0 fully saturated rings. The average molecular weight is 221 g/mol. The van der Waals surface area contributed by atoms with Gasteiger partial charge < -0.3 is 4.98 Å². The van der Waals surface area contributed by atoms with Crippen LogP contribution in [0.1, 0.15) is 5.56 Å². The number of nitrogens with zero attached hydrogens (tertiary/aromatic N) is 1. The lowest BCUT2D eigenvalue weighted by molar-refractivity contribution is 1.40. The molecule has 1 aromatic carbocycles. The van der Waals surface area contributed by atoms with E-state index in [1.165, 1.54) is 0 Å². The molecule has 0 atom stereocenters. The van der Waals surface area contributed by atoms with Crippen molar-refractivity contribution < 1.29 is 0 Å². The summed E-state index contributed by atoms with van der Waals surface area (Å²) in [5, 5.41) is 9.82. The zero-order valence-corrected chi connectivity index (χ0v) is 7.72. The van der Waals surface area contributed by atoms with Crippen molar-refractivity contribution in [2.75, 3.05) is 0 Å². The number of hydrogen-bond acceptors (Lipinski definition) is 1. The molecule has 12 heavy (non-hydrogen) atoms. The number of aromatic amines is 1. The number of para-hydroxylation sites is 1. The first-order valence-corrected chi connectivity index (χ1v) is 4.28. The van der Waals surface area contributed by atoms with Crippen LogP contribution in [0.4, 0.5) is 0 Å². The van der Waals surface area contributed by atoms with E-state index in [1.54, 1.807) is 6.07 Å². The Hall–Kier alpha value is -1.27. The van der Waals surface area contributed by atoms with Crippen molar-refractivity contribution in [3.05, 3.63) is 34.4 Å². The number of rotatable bonds is 0. The second-order valence-corrected chi connectivity index (χ2v) is 3.35. The van der Waals surface area contributed by atoms with E-state index in [1.807, 2.05) is 18.2 Å². The van der Waals surface area contributed by atoms with Crippen LogP contribution in [0.25, 0.3) is 10.9 Å². The summed E-state index contributed by atoms with van der Waals surface area (Å²) in [6, 6.07) is 9.73. The molecule has 3 heteroatoms. The third-order valence-electron chi connectivity index (χ3n) is 1.74. The molecule has 0 amide bonds. The van der Waals surface area contributed by atoms with E-state index < -0.39 is 0 Å². The SMILES string of the molecule is N#Cc1cccc2cc(Br)[nH]c12. The molecule has 0 aliphatic carbocycles. The van der Waals surface area contributed by atoms with Gasteiger partial charge in [-0.1, -0.05) is 12.1 Å². The van der Waals surface area contributed by atoms with Gasteiger partial charge >= 0.3 is 0 Å². The molecule has 2 rings (SSSR count). The first-order chi connectivity index (χ1) is 5.81. The fourth-order valence-electron chi connectivity index (χ4n) is 1.22. The molecule has 1 heterocycles. The van der Waals surface area contributed by atoms with Gasteiger partial charge in [0.05, 0.1) is 15.7 Å². The standard InChI is InChI=1S/C9H5BrN2/c10-8-4-6-2-1-3-7(5-11)9(6)12-8/h1-4,12H. The van der Waals surface area contributed by atoms with Crippen molar-refractivity contribution in [1.29, 1.82) is 5.26 Å². The van der Waals surface area contributed by atoms with Crippen molar-refractivity contribution in [3.8, 4) is 6.07 Å². The van der Waals surface area contributed by atoms with Gasteiger partial charge in [-0.2, -0.15) is 5.26 Å². The molecule has 0 spiro atoms. The van der Waals surface area contributed by atoms with Gasteiger partial charge in [-0.15, -0.1) is 0 Å². The highest BCUT2D eigenvalue weighted by atomic mass is 79.9. The molecular formula is C9H5BrN2. The minimum atomic E-state index is 0.679. The number of H-pyrrole nitrogens is 1. The quantitative estimate of drug-likeness (QED) is 0.729. The summed E-state index contributed by atoms with van der Waals surface area (Å²) >= 11 is 3.32. The van der Waals surface area contributed by atoms with Crippen LogP contribution in [0.15, 0.2) is 28.9 Å². The minimum absolute atomic E-state index is 0.679. The van der Waals surface area contributed by atoms with Gasteiger partial charge in [0, 0.05) is 5.39 Å². The number of aromatic nitrogens is 1. The maximum absolute atomic E-state index is 8.76. The largest absolute Gasteiger partial charge is 0.348 e. The van der Waals surface area contributed by atoms with Crippen LogP contribution >= 0.6 is 15.9 Å². The van der Waals surface area contributed by atoms with Crippen molar-refractivity contribution in [2.45, 2.75) is 0 Å². The molecule has 0 radical (unpaired) electrons. The summed E-state index contributed by atoms with van der Waals surface area (Å²) in [7, 11) is 0. The molecule has 2 nitrogen and oxygen atoms in total. The predicted molar refractivity (Wildman–Crippen MR) is 50.7 cm³/mol. The minimum Gasteiger partial charge on any atom is -0.348 e. The summed E-state index contributed by atoms with van der Waals surface area (Å²) in [5.74, 6) is 0. The van der Waals surface area contributed by atoms with Gasteiger partial charge in [0.25, 0.3) is 0 Å². The lowest BCUT2D eigenvalue weighted by atomic mass is 10.2. The van der Waals surface area contributed by atoms with Gasteiger partial charge in [-0.3, -0.25) is 0 Å². The number of fused-ring (bicyclic) bond motifs is 1. The topological polar surface area (TPSA) is 39.6 Å². The zero-order valence-electron chi connectivity index (χ0n) is 6.13. The number of halogens is 1. The second kappa shape index (κ2) is 2.65. The molecule has 0 saturated heterocycles. The Labute approximate surface area is 77.9 Å². The van der Waals surface area contributed by atoms with E-state index in [-0.39, 0.29) is 0 Å². The van der Waals surface area contributed by atoms with Crippen molar-refractivity contribution in [3.63, 3.8) is 0 Å². The molecule has 0 unspecified atom stereocenters. The summed E-state index contributed by atoms with van der Waals surface area (Å²) < 4.78 is 0.903. The van der Waals surface area contributed by atoms with E-state index >= 15 is 0 Å². The Morgan fingerprint density at radius 3 is 3.00 bits per heavy atom. The lowest BCUT2D eigenvalue weighted by Crippen LogP contribution is -1.75. The number of nitrogens with one attached hydrogen (secondary N) is 1. The smallest absolute Gasteiger partial charge is 0.101 e. The molecule has 0 bridgehead atoms. The Morgan fingerprint density at radius 1 is 1.42 bits per heavy atom. The van der Waals surface area contributed by atoms with E-state index in [0.717, 1.165) is 15.5 Å². The van der Waals surface area contributed by atoms with E-state index in [0.29, 0.717) is 5.56 Å². The molecule has 2 aromatic rings. The molecule has 58 valence electrons. The van der Waals surface area contributed by atoms with Crippen molar-refractivity contribution in [1.82, 2.24) is 4.98 Å². The van der Waals surface area contributed by atoms with Crippen LogP contribution in [0, 0.1) is 11.3 Å². The van der Waals surface area contributed by atoms with Crippen LogP contribution in [-0.4, -0.2) is 4.98 Å². The van der Waals surface area contributed by atoms with Crippen LogP contribution in [0.2, 0.25) is 0 Å². The Balaban J connectivity index is 2.89. The van der Waals surface area contributed by atoms with Crippen LogP contribution in [-0.2, 0) is 0 Å². The summed E-state index contributed by atoms with van der Waals surface area (Å²) in [6.07, 6.45) is 0. The summed E-state index contributed by atoms with van der Waals surface area (Å²) in [5.41, 5.74) is 1.57. The molecule has 0 aliphatic heterocycles.